The van der Waals surface area contributed by atoms with Gasteiger partial charge < -0.3 is 21.1 Å². The number of benzene rings is 1. The minimum absolute atomic E-state index is 0.236. The quantitative estimate of drug-likeness (QED) is 0.104. The summed E-state index contributed by atoms with van der Waals surface area (Å²) >= 11 is 0. The Morgan fingerprint density at radius 3 is 2.71 bits per heavy atom. The number of aryl methyl sites for hydroxylation is 2. The number of aliphatic imine (C=N–C) groups is 1. The fraction of sp³-hybridized carbons (Fsp3) is 0.464. The van der Waals surface area contributed by atoms with Crippen molar-refractivity contribution >= 4 is 28.4 Å². The largest absolute Gasteiger partial charge is 0.374 e. The maximum absolute atomic E-state index is 10.6. The molecule has 0 fully saturated rings. The summed E-state index contributed by atoms with van der Waals surface area (Å²) in [5.41, 5.74) is 5.85. The van der Waals surface area contributed by atoms with Gasteiger partial charge in [-0.05, 0) is 87.5 Å². The van der Waals surface area contributed by atoms with Gasteiger partial charge in [-0.15, -0.1) is 5.10 Å². The summed E-state index contributed by atoms with van der Waals surface area (Å²) in [7, 11) is 0. The number of aromatic amines is 1. The van der Waals surface area contributed by atoms with E-state index in [1.165, 1.54) is 0 Å². The number of nitrogens with zero attached hydrogens (tertiary/aromatic N) is 4. The molecule has 0 aliphatic heterocycles. The monoisotopic (exact) mass is 519 g/mol. The van der Waals surface area contributed by atoms with Crippen LogP contribution in [0.15, 0.2) is 47.1 Å². The lowest BCUT2D eigenvalue weighted by molar-refractivity contribution is 0.137. The number of aromatic nitrogens is 4. The smallest absolute Gasteiger partial charge is 0.131 e. The third-order valence-electron chi connectivity index (χ3n) is 6.29. The third-order valence-corrected chi connectivity index (χ3v) is 6.29. The van der Waals surface area contributed by atoms with Crippen molar-refractivity contribution < 1.29 is 5.11 Å². The van der Waals surface area contributed by atoms with Gasteiger partial charge in [0, 0.05) is 30.2 Å². The van der Waals surface area contributed by atoms with E-state index < -0.39 is 6.23 Å². The molecule has 0 spiro atoms. The second-order valence-corrected chi connectivity index (χ2v) is 9.60. The summed E-state index contributed by atoms with van der Waals surface area (Å²) in [5, 5.41) is 39.7. The van der Waals surface area contributed by atoms with Crippen LogP contribution in [0.4, 0.5) is 5.82 Å². The highest BCUT2D eigenvalue weighted by atomic mass is 16.3. The van der Waals surface area contributed by atoms with Crippen molar-refractivity contribution in [1.82, 2.24) is 31.0 Å². The zero-order valence-corrected chi connectivity index (χ0v) is 23.1. The first-order valence-corrected chi connectivity index (χ1v) is 13.3. The molecule has 0 bridgehead atoms. The van der Waals surface area contributed by atoms with Crippen LogP contribution in [-0.2, 0) is 0 Å². The number of H-pyrrole nitrogens is 1. The van der Waals surface area contributed by atoms with E-state index >= 15 is 0 Å². The zero-order valence-electron chi connectivity index (χ0n) is 23.1. The second-order valence-electron chi connectivity index (χ2n) is 9.60. The average molecular weight is 520 g/mol. The molecule has 0 saturated heterocycles. The molecule has 2 aromatic heterocycles. The number of fused-ring (bicyclic) bond motifs is 1. The molecule has 10 heteroatoms. The first-order valence-electron chi connectivity index (χ1n) is 13.3. The Bertz CT molecular complexity index is 1240. The van der Waals surface area contributed by atoms with Crippen LogP contribution < -0.4 is 16.0 Å². The Morgan fingerprint density at radius 2 is 1.97 bits per heavy atom. The summed E-state index contributed by atoms with van der Waals surface area (Å²) in [6.45, 7) is 11.2. The summed E-state index contributed by atoms with van der Waals surface area (Å²) in [6.07, 6.45) is 4.59. The van der Waals surface area contributed by atoms with E-state index in [1.807, 2.05) is 58.0 Å². The van der Waals surface area contributed by atoms with Crippen LogP contribution >= 0.6 is 0 Å². The van der Waals surface area contributed by atoms with Crippen molar-refractivity contribution in [3.05, 3.63) is 58.9 Å². The van der Waals surface area contributed by atoms with Crippen molar-refractivity contribution in [3.8, 4) is 0 Å². The second kappa shape index (κ2) is 14.5. The van der Waals surface area contributed by atoms with Gasteiger partial charge in [-0.3, -0.25) is 10.4 Å². The molecular weight excluding hydrogens is 478 g/mol. The average Bonchev–Trinajstić information content (AvgIpc) is 3.35. The predicted octanol–water partition coefficient (Wildman–Crippen LogP) is 4.54. The number of aliphatic hydroxyl groups is 1. The van der Waals surface area contributed by atoms with Crippen molar-refractivity contribution in [2.45, 2.75) is 72.6 Å². The van der Waals surface area contributed by atoms with E-state index in [1.54, 1.807) is 6.20 Å². The lowest BCUT2D eigenvalue weighted by Crippen LogP contribution is -2.36. The number of amidine groups is 1. The van der Waals surface area contributed by atoms with Gasteiger partial charge in [0.25, 0.3) is 0 Å². The minimum Gasteiger partial charge on any atom is -0.374 e. The zero-order chi connectivity index (χ0) is 27.5. The highest BCUT2D eigenvalue weighted by Gasteiger charge is 2.13. The Hall–Kier alpha value is -3.47. The molecule has 0 amide bonds. The molecule has 0 aliphatic rings. The summed E-state index contributed by atoms with van der Waals surface area (Å²) < 4.78 is 0. The fourth-order valence-electron chi connectivity index (χ4n) is 4.28. The number of rotatable bonds is 14. The number of pyridine rings is 1. The molecular formula is C28H41N9O. The topological polar surface area (TPSA) is 147 Å². The van der Waals surface area contributed by atoms with Crippen molar-refractivity contribution in [2.24, 2.45) is 4.99 Å². The van der Waals surface area contributed by atoms with Gasteiger partial charge in [0.15, 0.2) is 0 Å². The normalized spacial score (nSPS) is 14.1. The Morgan fingerprint density at radius 1 is 1.16 bits per heavy atom. The van der Waals surface area contributed by atoms with Crippen LogP contribution in [0.1, 0.15) is 69.5 Å². The molecule has 6 N–H and O–H groups in total. The molecule has 0 saturated carbocycles. The number of hydrogen-bond donors (Lipinski definition) is 6. The number of hydrogen-bond acceptors (Lipinski definition) is 8. The van der Waals surface area contributed by atoms with E-state index in [2.05, 4.69) is 48.3 Å². The number of aliphatic hydroxyl groups excluding tert-OH is 1. The third kappa shape index (κ3) is 8.83. The molecule has 2 heterocycles. The SMILES string of the molecule is CCCC(CCNC(O)c1ccc2nn[nH]c2c1)NCC(=N)/C(=C\N=C(/C)Nc1cc(C)cc(C)n1)CC. The molecule has 204 valence electrons. The predicted molar refractivity (Wildman–Crippen MR) is 155 cm³/mol. The molecule has 0 radical (unpaired) electrons. The van der Waals surface area contributed by atoms with Gasteiger partial charge in [-0.1, -0.05) is 31.5 Å². The lowest BCUT2D eigenvalue weighted by atomic mass is 10.1. The molecule has 10 nitrogen and oxygen atoms in total. The van der Waals surface area contributed by atoms with Crippen LogP contribution in [0.25, 0.3) is 11.0 Å². The number of anilines is 1. The van der Waals surface area contributed by atoms with E-state index in [4.69, 9.17) is 5.41 Å². The molecule has 3 aromatic rings. The van der Waals surface area contributed by atoms with Crippen LogP contribution in [0.3, 0.4) is 0 Å². The number of nitrogens with one attached hydrogen (secondary N) is 5. The van der Waals surface area contributed by atoms with Crippen molar-refractivity contribution in [3.63, 3.8) is 0 Å². The highest BCUT2D eigenvalue weighted by molar-refractivity contribution is 6.00. The van der Waals surface area contributed by atoms with E-state index in [0.717, 1.165) is 70.8 Å². The fourth-order valence-corrected chi connectivity index (χ4v) is 4.28. The van der Waals surface area contributed by atoms with E-state index in [9.17, 15) is 5.11 Å². The Labute approximate surface area is 225 Å². The van der Waals surface area contributed by atoms with Gasteiger partial charge >= 0.3 is 0 Å². The summed E-state index contributed by atoms with van der Waals surface area (Å²) in [5.74, 6) is 1.50. The van der Waals surface area contributed by atoms with Crippen molar-refractivity contribution in [2.75, 3.05) is 18.4 Å². The van der Waals surface area contributed by atoms with Gasteiger partial charge in [-0.2, -0.15) is 0 Å². The van der Waals surface area contributed by atoms with Crippen LogP contribution in [0.2, 0.25) is 0 Å². The molecule has 38 heavy (non-hydrogen) atoms. The standard InChI is InChI=1S/C28H41N9O/c1-6-8-23(11-12-30-28(38)22-9-10-25-26(15-22)36-37-35-25)32-17-24(29)21(7-2)16-31-20(5)34-27-14-18(3)13-19(4)33-27/h9-10,13-16,23,28-30,32,38H,6-8,11-12,17H2,1-5H3,(H,31,33,34)(H,35,36,37)/b21-16-,29-24?. The van der Waals surface area contributed by atoms with Gasteiger partial charge in [0.1, 0.15) is 23.4 Å². The van der Waals surface area contributed by atoms with Gasteiger partial charge in [-0.25, -0.2) is 9.98 Å². The maximum atomic E-state index is 10.6. The van der Waals surface area contributed by atoms with Gasteiger partial charge in [0.2, 0.25) is 0 Å². The van der Waals surface area contributed by atoms with Crippen LogP contribution in [-0.4, -0.2) is 56.2 Å². The van der Waals surface area contributed by atoms with Crippen molar-refractivity contribution in [1.29, 1.82) is 5.41 Å². The van der Waals surface area contributed by atoms with E-state index in [0.29, 0.717) is 18.8 Å². The minimum atomic E-state index is -0.772. The first kappa shape index (κ1) is 29.1. The summed E-state index contributed by atoms with van der Waals surface area (Å²) in [4.78, 5) is 9.03. The van der Waals surface area contributed by atoms with E-state index in [-0.39, 0.29) is 6.04 Å². The summed E-state index contributed by atoms with van der Waals surface area (Å²) in [6, 6.07) is 9.80. The Balaban J connectivity index is 1.49. The molecule has 2 unspecified atom stereocenters. The molecule has 1 aromatic carbocycles. The maximum Gasteiger partial charge on any atom is 0.131 e. The highest BCUT2D eigenvalue weighted by Crippen LogP contribution is 2.16. The van der Waals surface area contributed by atoms with Crippen LogP contribution in [0, 0.1) is 19.3 Å². The molecule has 0 aliphatic carbocycles. The molecule has 3 rings (SSSR count). The van der Waals surface area contributed by atoms with Gasteiger partial charge in [0.05, 0.1) is 5.52 Å². The Kier molecular flexibility index (Phi) is 11.1. The first-order chi connectivity index (χ1) is 18.3. The lowest BCUT2D eigenvalue weighted by Gasteiger charge is -2.20. The molecule has 2 atom stereocenters. The van der Waals surface area contributed by atoms with Crippen LogP contribution in [0.5, 0.6) is 0 Å².